The number of rotatable bonds is 4. The van der Waals surface area contributed by atoms with Crippen molar-refractivity contribution in [3.63, 3.8) is 0 Å². The fraction of sp³-hybridized carbons (Fsp3) is 0.118. The molecule has 0 unspecified atom stereocenters. The van der Waals surface area contributed by atoms with Crippen LogP contribution in [0.4, 0.5) is 0 Å². The van der Waals surface area contributed by atoms with E-state index in [2.05, 4.69) is 21.0 Å². The summed E-state index contributed by atoms with van der Waals surface area (Å²) in [6, 6.07) is 5.72. The molecule has 0 aliphatic heterocycles. The predicted octanol–water partition coefficient (Wildman–Crippen LogP) is 5.84. The molecule has 21 heavy (non-hydrogen) atoms. The molecule has 0 bridgehead atoms. The van der Waals surface area contributed by atoms with E-state index in [9.17, 15) is 0 Å². The Labute approximate surface area is 138 Å². The lowest BCUT2D eigenvalue weighted by Crippen LogP contribution is -1.89. The molecule has 0 radical (unpaired) electrons. The van der Waals surface area contributed by atoms with Crippen molar-refractivity contribution in [1.29, 1.82) is 0 Å². The lowest BCUT2D eigenvalue weighted by atomic mass is 10.1. The lowest BCUT2D eigenvalue weighted by Gasteiger charge is -1.97. The van der Waals surface area contributed by atoms with Gasteiger partial charge in [0.1, 0.15) is 10.8 Å². The van der Waals surface area contributed by atoms with Gasteiger partial charge in [-0.25, -0.2) is 4.52 Å². The Morgan fingerprint density at radius 2 is 1.95 bits per heavy atom. The van der Waals surface area contributed by atoms with Crippen molar-refractivity contribution < 1.29 is 0 Å². The summed E-state index contributed by atoms with van der Waals surface area (Å²) in [6.45, 7) is 3.97. The summed E-state index contributed by atoms with van der Waals surface area (Å²) in [5.41, 5.74) is 2.82. The van der Waals surface area contributed by atoms with E-state index in [0.29, 0.717) is 5.15 Å². The van der Waals surface area contributed by atoms with Crippen molar-refractivity contribution in [2.45, 2.75) is 13.8 Å². The summed E-state index contributed by atoms with van der Waals surface area (Å²) in [4.78, 5) is 0. The molecule has 0 aromatic carbocycles. The molecule has 0 fully saturated rings. The maximum Gasteiger partial charge on any atom is 0.131 e. The second kappa shape index (κ2) is 7.43. The molecule has 0 saturated heterocycles. The number of aromatic nitrogens is 2. The second-order valence-electron chi connectivity index (χ2n) is 4.34. The summed E-state index contributed by atoms with van der Waals surface area (Å²) in [6.07, 6.45) is 14.0. The Balaban J connectivity index is 2.60. The van der Waals surface area contributed by atoms with Gasteiger partial charge >= 0.3 is 0 Å². The molecule has 0 spiro atoms. The summed E-state index contributed by atoms with van der Waals surface area (Å²) in [7, 11) is 0. The monoisotopic (exact) mass is 362 g/mol. The Bertz CT molecular complexity index is 751. The molecule has 2 nitrogen and oxygen atoms in total. The van der Waals surface area contributed by atoms with Gasteiger partial charge < -0.3 is 0 Å². The van der Waals surface area contributed by atoms with Crippen molar-refractivity contribution >= 4 is 38.6 Å². The SMILES string of the molecule is C\C=C/C=C\C(=C/C=C/C)c1nn2c(Cl)cccc2c1Br. The van der Waals surface area contributed by atoms with Crippen LogP contribution >= 0.6 is 27.5 Å². The molecule has 0 aliphatic carbocycles. The van der Waals surface area contributed by atoms with Gasteiger partial charge in [-0.05, 0) is 41.9 Å². The highest BCUT2D eigenvalue weighted by Crippen LogP contribution is 2.30. The minimum Gasteiger partial charge on any atom is -0.220 e. The second-order valence-corrected chi connectivity index (χ2v) is 5.52. The van der Waals surface area contributed by atoms with E-state index in [0.717, 1.165) is 21.3 Å². The molecule has 2 rings (SSSR count). The van der Waals surface area contributed by atoms with Gasteiger partial charge in [0, 0.05) is 5.57 Å². The molecule has 0 amide bonds. The molecule has 4 heteroatoms. The summed E-state index contributed by atoms with van der Waals surface area (Å²) in [5.74, 6) is 0. The van der Waals surface area contributed by atoms with Crippen LogP contribution in [0, 0.1) is 0 Å². The van der Waals surface area contributed by atoms with Crippen molar-refractivity contribution in [3.05, 3.63) is 76.1 Å². The summed E-state index contributed by atoms with van der Waals surface area (Å²) >= 11 is 9.82. The Kier molecular flexibility index (Phi) is 5.59. The Morgan fingerprint density at radius 3 is 2.62 bits per heavy atom. The number of hydrogen-bond acceptors (Lipinski definition) is 1. The quantitative estimate of drug-likeness (QED) is 0.492. The zero-order chi connectivity index (χ0) is 15.2. The van der Waals surface area contributed by atoms with Crippen LogP contribution in [0.2, 0.25) is 5.15 Å². The van der Waals surface area contributed by atoms with Crippen LogP contribution in [0.1, 0.15) is 19.5 Å². The normalized spacial score (nSPS) is 13.4. The van der Waals surface area contributed by atoms with Gasteiger partial charge in [0.05, 0.1) is 9.99 Å². The van der Waals surface area contributed by atoms with E-state index in [4.69, 9.17) is 11.6 Å². The minimum atomic E-state index is 0.585. The first-order valence-corrected chi connectivity index (χ1v) is 7.81. The standard InChI is InChI=1S/C17H16BrClN2/c1-3-5-7-10-13(9-6-4-2)17-16(18)14-11-8-12-15(19)21(14)20-17/h3-12H,1-2H3/b5-3-,6-4+,10-7-,13-9+. The number of nitrogens with zero attached hydrogens (tertiary/aromatic N) is 2. The molecule has 2 aromatic rings. The molecule has 0 saturated carbocycles. The molecule has 108 valence electrons. The topological polar surface area (TPSA) is 17.3 Å². The maximum atomic E-state index is 6.20. The highest BCUT2D eigenvalue weighted by Gasteiger charge is 2.13. The number of pyridine rings is 1. The fourth-order valence-electron chi connectivity index (χ4n) is 1.88. The molecule has 0 atom stereocenters. The van der Waals surface area contributed by atoms with Crippen LogP contribution in [0.5, 0.6) is 0 Å². The third-order valence-corrected chi connectivity index (χ3v) is 3.94. The van der Waals surface area contributed by atoms with E-state index in [1.54, 1.807) is 4.52 Å². The zero-order valence-corrected chi connectivity index (χ0v) is 14.3. The van der Waals surface area contributed by atoms with Crippen LogP contribution in [0.25, 0.3) is 11.1 Å². The average molecular weight is 364 g/mol. The summed E-state index contributed by atoms with van der Waals surface area (Å²) in [5, 5.41) is 5.19. The van der Waals surface area contributed by atoms with Gasteiger partial charge in [0.2, 0.25) is 0 Å². The van der Waals surface area contributed by atoms with E-state index >= 15 is 0 Å². The highest BCUT2D eigenvalue weighted by molar-refractivity contribution is 9.10. The van der Waals surface area contributed by atoms with Crippen molar-refractivity contribution in [1.82, 2.24) is 9.61 Å². The predicted molar refractivity (Wildman–Crippen MR) is 94.6 cm³/mol. The van der Waals surface area contributed by atoms with Crippen molar-refractivity contribution in [3.8, 4) is 0 Å². The minimum absolute atomic E-state index is 0.585. The number of hydrogen-bond donors (Lipinski definition) is 0. The van der Waals surface area contributed by atoms with Gasteiger partial charge in [-0.15, -0.1) is 0 Å². The average Bonchev–Trinajstić information content (AvgIpc) is 2.82. The van der Waals surface area contributed by atoms with Gasteiger partial charge in [-0.3, -0.25) is 0 Å². The lowest BCUT2D eigenvalue weighted by molar-refractivity contribution is 0.952. The first-order valence-electron chi connectivity index (χ1n) is 6.64. The summed E-state index contributed by atoms with van der Waals surface area (Å²) < 4.78 is 2.67. The molecular formula is C17H16BrClN2. The molecule has 0 aliphatic rings. The van der Waals surface area contributed by atoms with Gasteiger partial charge in [0.15, 0.2) is 0 Å². The van der Waals surface area contributed by atoms with Crippen LogP contribution in [-0.4, -0.2) is 9.61 Å². The maximum absolute atomic E-state index is 6.20. The molecular weight excluding hydrogens is 348 g/mol. The van der Waals surface area contributed by atoms with Gasteiger partial charge in [-0.1, -0.05) is 60.2 Å². The molecule has 0 N–H and O–H groups in total. The van der Waals surface area contributed by atoms with Crippen LogP contribution in [0.3, 0.4) is 0 Å². The third-order valence-electron chi connectivity index (χ3n) is 2.87. The number of fused-ring (bicyclic) bond motifs is 1. The fourth-order valence-corrected chi connectivity index (χ4v) is 2.69. The molecule has 2 heterocycles. The van der Waals surface area contributed by atoms with Crippen LogP contribution < -0.4 is 0 Å². The van der Waals surface area contributed by atoms with Gasteiger partial charge in [0.25, 0.3) is 0 Å². The molecule has 2 aromatic heterocycles. The van der Waals surface area contributed by atoms with E-state index < -0.39 is 0 Å². The highest BCUT2D eigenvalue weighted by atomic mass is 79.9. The number of allylic oxidation sites excluding steroid dienone is 8. The van der Waals surface area contributed by atoms with E-state index in [1.165, 1.54) is 0 Å². The number of halogens is 2. The Morgan fingerprint density at radius 1 is 1.19 bits per heavy atom. The largest absolute Gasteiger partial charge is 0.220 e. The first-order chi connectivity index (χ1) is 10.2. The third kappa shape index (κ3) is 3.55. The van der Waals surface area contributed by atoms with Crippen LogP contribution in [-0.2, 0) is 0 Å². The van der Waals surface area contributed by atoms with E-state index in [1.807, 2.05) is 74.6 Å². The van der Waals surface area contributed by atoms with Gasteiger partial charge in [-0.2, -0.15) is 5.10 Å². The van der Waals surface area contributed by atoms with Crippen LogP contribution in [0.15, 0.2) is 65.2 Å². The van der Waals surface area contributed by atoms with E-state index in [-0.39, 0.29) is 0 Å². The Hall–Kier alpha value is -1.58. The smallest absolute Gasteiger partial charge is 0.131 e. The zero-order valence-electron chi connectivity index (χ0n) is 11.9. The first kappa shape index (κ1) is 15.8. The van der Waals surface area contributed by atoms with Crippen molar-refractivity contribution in [2.24, 2.45) is 0 Å². The van der Waals surface area contributed by atoms with Crippen molar-refractivity contribution in [2.75, 3.05) is 0 Å².